The van der Waals surface area contributed by atoms with Crippen molar-refractivity contribution in [1.82, 2.24) is 0 Å². The van der Waals surface area contributed by atoms with Crippen molar-refractivity contribution in [1.29, 1.82) is 0 Å². The van der Waals surface area contributed by atoms with Crippen LogP contribution in [0.25, 0.3) is 0 Å². The Hall–Kier alpha value is -1.37. The fourth-order valence-electron chi connectivity index (χ4n) is 2.38. The normalized spacial score (nSPS) is 16.4. The van der Waals surface area contributed by atoms with Gasteiger partial charge in [0.25, 0.3) is 0 Å². The molecule has 0 fully saturated rings. The molecule has 2 atom stereocenters. The fourth-order valence-corrected chi connectivity index (χ4v) is 5.38. The zero-order valence-electron chi connectivity index (χ0n) is 12.2. The molecule has 0 bridgehead atoms. The van der Waals surface area contributed by atoms with Crippen molar-refractivity contribution in [3.63, 3.8) is 0 Å². The van der Waals surface area contributed by atoms with Crippen LogP contribution < -0.4 is 5.30 Å². The average Bonchev–Trinajstić information content (AvgIpc) is 2.46. The molecule has 0 aliphatic carbocycles. The summed E-state index contributed by atoms with van der Waals surface area (Å²) in [6.07, 6.45) is 0. The smallest absolute Gasteiger partial charge is 0.151 e. The molecule has 0 spiro atoms. The van der Waals surface area contributed by atoms with Gasteiger partial charge in [0, 0.05) is 10.5 Å². The summed E-state index contributed by atoms with van der Waals surface area (Å²) in [7, 11) is -3.01. The topological polar surface area (TPSA) is 37.3 Å². The van der Waals surface area contributed by atoms with Crippen LogP contribution in [0.2, 0.25) is 0 Å². The molecule has 0 heterocycles. The summed E-state index contributed by atoms with van der Waals surface area (Å²) in [5, 5.41) is 11.0. The molecule has 0 saturated heterocycles. The molecule has 0 aromatic heterocycles. The molecule has 2 aromatic carbocycles. The summed E-state index contributed by atoms with van der Waals surface area (Å²) >= 11 is 0. The van der Waals surface area contributed by atoms with E-state index in [0.29, 0.717) is 5.56 Å². The summed E-state index contributed by atoms with van der Waals surface area (Å²) in [6.45, 7) is 5.77. The van der Waals surface area contributed by atoms with Gasteiger partial charge in [-0.3, -0.25) is 0 Å². The highest BCUT2D eigenvalue weighted by Crippen LogP contribution is 2.65. The van der Waals surface area contributed by atoms with E-state index in [2.05, 4.69) is 0 Å². The van der Waals surface area contributed by atoms with Gasteiger partial charge < -0.3 is 9.67 Å². The Morgan fingerprint density at radius 1 is 0.900 bits per heavy atom. The molecule has 106 valence electrons. The summed E-state index contributed by atoms with van der Waals surface area (Å²) < 4.78 is 13.7. The zero-order chi connectivity index (χ0) is 14.8. The van der Waals surface area contributed by atoms with Crippen molar-refractivity contribution in [3.05, 3.63) is 66.2 Å². The monoisotopic (exact) mass is 288 g/mol. The molecule has 3 heteroatoms. The number of hydrogen-bond donors (Lipinski definition) is 1. The van der Waals surface area contributed by atoms with Gasteiger partial charge in [0.1, 0.15) is 5.85 Å². The summed E-state index contributed by atoms with van der Waals surface area (Å²) in [6, 6.07) is 18.6. The van der Waals surface area contributed by atoms with Crippen molar-refractivity contribution in [3.8, 4) is 0 Å². The van der Waals surface area contributed by atoms with Crippen LogP contribution in [0.3, 0.4) is 0 Å². The summed E-state index contributed by atoms with van der Waals surface area (Å²) in [5.74, 6) is -0.980. The second kappa shape index (κ2) is 5.55. The van der Waals surface area contributed by atoms with Crippen LogP contribution in [0.5, 0.6) is 0 Å². The quantitative estimate of drug-likeness (QED) is 0.861. The van der Waals surface area contributed by atoms with E-state index in [-0.39, 0.29) is 0 Å². The molecule has 0 amide bonds. The van der Waals surface area contributed by atoms with E-state index in [4.69, 9.17) is 0 Å². The maximum absolute atomic E-state index is 13.7. The van der Waals surface area contributed by atoms with Crippen molar-refractivity contribution >= 4 is 12.4 Å². The molecular weight excluding hydrogens is 267 g/mol. The first-order valence-corrected chi connectivity index (χ1v) is 8.53. The van der Waals surface area contributed by atoms with Gasteiger partial charge in [-0.25, -0.2) is 0 Å². The molecule has 2 aromatic rings. The first-order valence-electron chi connectivity index (χ1n) is 6.76. The van der Waals surface area contributed by atoms with Crippen molar-refractivity contribution in [2.75, 3.05) is 0 Å². The van der Waals surface area contributed by atoms with E-state index in [9.17, 15) is 9.67 Å². The molecule has 0 aliphatic rings. The SMILES string of the molecule is CC(C)(C)[P@](=O)(c1ccccc1)[C@H](O)c1ccccc1. The maximum atomic E-state index is 13.7. The van der Waals surface area contributed by atoms with Gasteiger partial charge in [0.05, 0.1) is 0 Å². The Bertz CT molecular complexity index is 600. The minimum Gasteiger partial charge on any atom is -0.380 e. The van der Waals surface area contributed by atoms with Gasteiger partial charge in [0.2, 0.25) is 0 Å². The highest BCUT2D eigenvalue weighted by molar-refractivity contribution is 7.73. The van der Waals surface area contributed by atoms with E-state index in [1.807, 2.05) is 81.4 Å². The van der Waals surface area contributed by atoms with Gasteiger partial charge in [-0.1, -0.05) is 81.4 Å². The third-order valence-electron chi connectivity index (χ3n) is 3.58. The Morgan fingerprint density at radius 2 is 1.35 bits per heavy atom. The third-order valence-corrected chi connectivity index (χ3v) is 7.62. The second-order valence-electron chi connectivity index (χ2n) is 5.95. The predicted octanol–water partition coefficient (Wildman–Crippen LogP) is 4.16. The Kier molecular flexibility index (Phi) is 4.17. The minimum absolute atomic E-state index is 0.510. The first kappa shape index (κ1) is 15.0. The Morgan fingerprint density at radius 3 is 1.80 bits per heavy atom. The second-order valence-corrected chi connectivity index (χ2v) is 9.61. The predicted molar refractivity (Wildman–Crippen MR) is 84.8 cm³/mol. The van der Waals surface area contributed by atoms with E-state index in [0.717, 1.165) is 5.30 Å². The highest BCUT2D eigenvalue weighted by atomic mass is 31.2. The number of rotatable bonds is 3. The standard InChI is InChI=1S/C17H21O2P/c1-17(2,3)20(19,15-12-8-5-9-13-15)16(18)14-10-6-4-7-11-14/h4-13,16,18H,1-3H3/t16-,20-/m0/s1. The van der Waals surface area contributed by atoms with Gasteiger partial charge in [-0.05, 0) is 5.56 Å². The lowest BCUT2D eigenvalue weighted by atomic mass is 10.2. The summed E-state index contributed by atoms with van der Waals surface area (Å²) in [5.41, 5.74) is 0.703. The Labute approximate surface area is 120 Å². The molecule has 2 nitrogen and oxygen atoms in total. The van der Waals surface area contributed by atoms with E-state index in [1.54, 1.807) is 0 Å². The Balaban J connectivity index is 2.58. The lowest BCUT2D eigenvalue weighted by Crippen LogP contribution is -2.27. The zero-order valence-corrected chi connectivity index (χ0v) is 13.0. The van der Waals surface area contributed by atoms with Crippen molar-refractivity contribution < 1.29 is 9.67 Å². The lowest BCUT2D eigenvalue weighted by Gasteiger charge is -2.35. The fraction of sp³-hybridized carbons (Fsp3) is 0.294. The van der Waals surface area contributed by atoms with Crippen LogP contribution in [-0.4, -0.2) is 10.3 Å². The number of aliphatic hydroxyl groups excluding tert-OH is 1. The number of aliphatic hydroxyl groups is 1. The van der Waals surface area contributed by atoms with E-state index >= 15 is 0 Å². The van der Waals surface area contributed by atoms with Gasteiger partial charge in [-0.15, -0.1) is 0 Å². The van der Waals surface area contributed by atoms with E-state index in [1.165, 1.54) is 0 Å². The van der Waals surface area contributed by atoms with Crippen LogP contribution in [0.1, 0.15) is 32.2 Å². The average molecular weight is 288 g/mol. The largest absolute Gasteiger partial charge is 0.380 e. The maximum Gasteiger partial charge on any atom is 0.151 e. The molecule has 0 aliphatic heterocycles. The molecule has 0 radical (unpaired) electrons. The van der Waals surface area contributed by atoms with Gasteiger partial charge >= 0.3 is 0 Å². The van der Waals surface area contributed by atoms with Crippen LogP contribution in [0, 0.1) is 0 Å². The van der Waals surface area contributed by atoms with Crippen molar-refractivity contribution in [2.24, 2.45) is 0 Å². The molecule has 20 heavy (non-hydrogen) atoms. The van der Waals surface area contributed by atoms with E-state index < -0.39 is 18.1 Å². The van der Waals surface area contributed by atoms with Gasteiger partial charge in [0.15, 0.2) is 7.14 Å². The molecule has 0 saturated carbocycles. The molecule has 1 N–H and O–H groups in total. The first-order chi connectivity index (χ1) is 9.37. The molecular formula is C17H21O2P. The van der Waals surface area contributed by atoms with Gasteiger partial charge in [-0.2, -0.15) is 0 Å². The summed E-state index contributed by atoms with van der Waals surface area (Å²) in [4.78, 5) is 0. The minimum atomic E-state index is -3.01. The number of benzene rings is 2. The lowest BCUT2D eigenvalue weighted by molar-refractivity contribution is 0.251. The third kappa shape index (κ3) is 2.59. The van der Waals surface area contributed by atoms with Crippen molar-refractivity contribution in [2.45, 2.75) is 31.8 Å². The van der Waals surface area contributed by atoms with Crippen LogP contribution in [-0.2, 0) is 4.57 Å². The highest BCUT2D eigenvalue weighted by Gasteiger charge is 2.44. The number of hydrogen-bond acceptors (Lipinski definition) is 2. The van der Waals surface area contributed by atoms with Crippen LogP contribution in [0.4, 0.5) is 0 Å². The van der Waals surface area contributed by atoms with Crippen LogP contribution in [0.15, 0.2) is 60.7 Å². The molecule has 0 unspecified atom stereocenters. The van der Waals surface area contributed by atoms with Crippen LogP contribution >= 0.6 is 7.14 Å². The molecule has 2 rings (SSSR count).